The summed E-state index contributed by atoms with van der Waals surface area (Å²) in [4.78, 5) is 23.2. The van der Waals surface area contributed by atoms with Crippen molar-refractivity contribution in [3.8, 4) is 0 Å². The van der Waals surface area contributed by atoms with Crippen LogP contribution in [0.15, 0.2) is 24.3 Å². The van der Waals surface area contributed by atoms with Gasteiger partial charge in [0, 0.05) is 11.1 Å². The summed E-state index contributed by atoms with van der Waals surface area (Å²) in [6.45, 7) is 1.70. The first-order valence-corrected chi connectivity index (χ1v) is 7.96. The summed E-state index contributed by atoms with van der Waals surface area (Å²) in [6, 6.07) is 6.02. The molecule has 1 atom stereocenters. The fourth-order valence-corrected chi connectivity index (χ4v) is 4.36. The van der Waals surface area contributed by atoms with Crippen LogP contribution in [0, 0.1) is 0 Å². The van der Waals surface area contributed by atoms with Crippen molar-refractivity contribution < 1.29 is 18.0 Å². The molecule has 0 radical (unpaired) electrons. The molecule has 0 saturated carbocycles. The minimum atomic E-state index is -3.09. The molecule has 0 spiro atoms. The van der Waals surface area contributed by atoms with Crippen molar-refractivity contribution >= 4 is 21.7 Å². The van der Waals surface area contributed by atoms with E-state index in [0.717, 1.165) is 0 Å². The van der Waals surface area contributed by atoms with Gasteiger partial charge in [0.1, 0.15) is 0 Å². The molecule has 1 aliphatic heterocycles. The van der Waals surface area contributed by atoms with Crippen LogP contribution < -0.4 is 11.1 Å². The Hall–Kier alpha value is -1.89. The third-order valence-corrected chi connectivity index (χ3v) is 5.23. The highest BCUT2D eigenvalue weighted by atomic mass is 32.2. The number of hydrogen-bond donors (Lipinski definition) is 2. The molecule has 0 aliphatic carbocycles. The van der Waals surface area contributed by atoms with Crippen LogP contribution in [0.5, 0.6) is 0 Å². The maximum Gasteiger partial charge on any atom is 0.251 e. The Morgan fingerprint density at radius 3 is 2.50 bits per heavy atom. The summed E-state index contributed by atoms with van der Waals surface area (Å²) in [6.07, 6.45) is 0.385. The van der Waals surface area contributed by atoms with Gasteiger partial charge in [0.25, 0.3) is 5.91 Å². The van der Waals surface area contributed by atoms with E-state index in [0.29, 0.717) is 6.42 Å². The van der Waals surface area contributed by atoms with E-state index < -0.39 is 27.2 Å². The zero-order chi connectivity index (χ0) is 15.0. The molecule has 2 amide bonds. The van der Waals surface area contributed by atoms with E-state index >= 15 is 0 Å². The zero-order valence-corrected chi connectivity index (χ0v) is 11.9. The van der Waals surface area contributed by atoms with Crippen molar-refractivity contribution in [2.75, 3.05) is 11.5 Å². The minimum Gasteiger partial charge on any atom is -0.366 e. The first-order chi connectivity index (χ1) is 9.21. The van der Waals surface area contributed by atoms with Gasteiger partial charge in [-0.3, -0.25) is 9.59 Å². The van der Waals surface area contributed by atoms with Crippen LogP contribution in [-0.4, -0.2) is 37.3 Å². The lowest BCUT2D eigenvalue weighted by Gasteiger charge is -2.23. The lowest BCUT2D eigenvalue weighted by Crippen LogP contribution is -2.46. The Kier molecular flexibility index (Phi) is 3.56. The number of primary amides is 1. The molecule has 1 saturated heterocycles. The highest BCUT2D eigenvalue weighted by Crippen LogP contribution is 2.23. The fraction of sp³-hybridized carbons (Fsp3) is 0.385. The van der Waals surface area contributed by atoms with Gasteiger partial charge in [0.15, 0.2) is 9.84 Å². The Balaban J connectivity index is 2.17. The van der Waals surface area contributed by atoms with Gasteiger partial charge in [-0.15, -0.1) is 0 Å². The highest BCUT2D eigenvalue weighted by Gasteiger charge is 2.39. The maximum atomic E-state index is 12.1. The van der Waals surface area contributed by atoms with Gasteiger partial charge in [-0.05, 0) is 31.5 Å². The molecule has 7 heteroatoms. The number of nitrogens with one attached hydrogen (secondary N) is 1. The number of benzene rings is 1. The van der Waals surface area contributed by atoms with Gasteiger partial charge in [-0.25, -0.2) is 8.42 Å². The first kappa shape index (κ1) is 14.5. The summed E-state index contributed by atoms with van der Waals surface area (Å²) < 4.78 is 23.0. The van der Waals surface area contributed by atoms with Gasteiger partial charge >= 0.3 is 0 Å². The number of carbonyl (C=O) groups is 2. The van der Waals surface area contributed by atoms with E-state index in [1.165, 1.54) is 12.1 Å². The number of amides is 2. The zero-order valence-electron chi connectivity index (χ0n) is 11.0. The topological polar surface area (TPSA) is 106 Å². The summed E-state index contributed by atoms with van der Waals surface area (Å²) in [5, 5.41) is 2.72. The van der Waals surface area contributed by atoms with Crippen LogP contribution in [0.4, 0.5) is 0 Å². The molecule has 1 unspecified atom stereocenters. The number of nitrogens with two attached hydrogens (primary N) is 1. The van der Waals surface area contributed by atoms with Crippen LogP contribution in [0.3, 0.4) is 0 Å². The molecule has 0 aromatic heterocycles. The third-order valence-electron chi connectivity index (χ3n) is 3.33. The monoisotopic (exact) mass is 296 g/mol. The van der Waals surface area contributed by atoms with E-state index in [4.69, 9.17) is 5.73 Å². The lowest BCUT2D eigenvalue weighted by molar-refractivity contribution is 0.0915. The standard InChI is InChI=1S/C13H16N2O4S/c1-13(5-6-20(18,19)8-13)15-12(17)10-4-2-3-9(7-10)11(14)16/h2-4,7H,5-6,8H2,1H3,(H2,14,16)(H,15,17). The molecule has 1 fully saturated rings. The average molecular weight is 296 g/mol. The maximum absolute atomic E-state index is 12.1. The van der Waals surface area contributed by atoms with E-state index in [1.807, 2.05) is 0 Å². The SMILES string of the molecule is CC1(NC(=O)c2cccc(C(N)=O)c2)CCS(=O)(=O)C1. The number of rotatable bonds is 3. The highest BCUT2D eigenvalue weighted by molar-refractivity contribution is 7.91. The molecular weight excluding hydrogens is 280 g/mol. The summed E-state index contributed by atoms with van der Waals surface area (Å²) in [5.74, 6) is -1.02. The Morgan fingerprint density at radius 1 is 1.30 bits per heavy atom. The van der Waals surface area contributed by atoms with Gasteiger partial charge in [0.05, 0.1) is 17.0 Å². The predicted molar refractivity (Wildman–Crippen MR) is 74.1 cm³/mol. The summed E-state index contributed by atoms with van der Waals surface area (Å²) >= 11 is 0. The molecule has 1 heterocycles. The van der Waals surface area contributed by atoms with Crippen molar-refractivity contribution in [3.05, 3.63) is 35.4 Å². The van der Waals surface area contributed by atoms with Gasteiger partial charge in [0.2, 0.25) is 5.91 Å². The fourth-order valence-electron chi connectivity index (χ4n) is 2.27. The number of hydrogen-bond acceptors (Lipinski definition) is 4. The van der Waals surface area contributed by atoms with Crippen LogP contribution in [0.1, 0.15) is 34.1 Å². The predicted octanol–water partition coefficient (Wildman–Crippen LogP) is 0.0925. The first-order valence-electron chi connectivity index (χ1n) is 6.14. The van der Waals surface area contributed by atoms with Crippen molar-refractivity contribution in [2.24, 2.45) is 5.73 Å². The summed E-state index contributed by atoms with van der Waals surface area (Å²) in [5.41, 5.74) is 4.91. The third kappa shape index (κ3) is 3.16. The van der Waals surface area contributed by atoms with E-state index in [2.05, 4.69) is 5.32 Å². The average Bonchev–Trinajstić information content (AvgIpc) is 2.63. The minimum absolute atomic E-state index is 0.0682. The smallest absolute Gasteiger partial charge is 0.251 e. The van der Waals surface area contributed by atoms with Gasteiger partial charge < -0.3 is 11.1 Å². The molecule has 20 heavy (non-hydrogen) atoms. The Labute approximate surface area is 117 Å². The van der Waals surface area contributed by atoms with E-state index in [-0.39, 0.29) is 22.6 Å². The molecule has 6 nitrogen and oxygen atoms in total. The van der Waals surface area contributed by atoms with Crippen molar-refractivity contribution in [1.82, 2.24) is 5.32 Å². The second kappa shape index (κ2) is 4.90. The van der Waals surface area contributed by atoms with Crippen LogP contribution in [-0.2, 0) is 9.84 Å². The summed E-state index contributed by atoms with van der Waals surface area (Å²) in [7, 11) is -3.09. The molecule has 1 aliphatic rings. The largest absolute Gasteiger partial charge is 0.366 e. The van der Waals surface area contributed by atoms with E-state index in [1.54, 1.807) is 19.1 Å². The molecule has 1 aromatic rings. The Morgan fingerprint density at radius 2 is 1.95 bits per heavy atom. The molecule has 108 valence electrons. The molecule has 0 bridgehead atoms. The molecule has 2 rings (SSSR count). The lowest BCUT2D eigenvalue weighted by atomic mass is 10.0. The molecule has 1 aromatic carbocycles. The normalized spacial score (nSPS) is 24.2. The number of carbonyl (C=O) groups excluding carboxylic acids is 2. The number of sulfone groups is 1. The molecule has 3 N–H and O–H groups in total. The van der Waals surface area contributed by atoms with Crippen LogP contribution >= 0.6 is 0 Å². The van der Waals surface area contributed by atoms with E-state index in [9.17, 15) is 18.0 Å². The van der Waals surface area contributed by atoms with Crippen LogP contribution in [0.25, 0.3) is 0 Å². The van der Waals surface area contributed by atoms with Crippen molar-refractivity contribution in [2.45, 2.75) is 18.9 Å². The van der Waals surface area contributed by atoms with Crippen LogP contribution in [0.2, 0.25) is 0 Å². The van der Waals surface area contributed by atoms with Gasteiger partial charge in [-0.1, -0.05) is 6.07 Å². The quantitative estimate of drug-likeness (QED) is 0.824. The second-order valence-corrected chi connectivity index (χ2v) is 7.49. The second-order valence-electron chi connectivity index (χ2n) is 5.30. The van der Waals surface area contributed by atoms with Crippen molar-refractivity contribution in [3.63, 3.8) is 0 Å². The molecular formula is C13H16N2O4S. The van der Waals surface area contributed by atoms with Crippen molar-refractivity contribution in [1.29, 1.82) is 0 Å². The Bertz CT molecular complexity index is 669. The van der Waals surface area contributed by atoms with Gasteiger partial charge in [-0.2, -0.15) is 0 Å².